The third-order valence-corrected chi connectivity index (χ3v) is 4.79. The van der Waals surface area contributed by atoms with Crippen molar-refractivity contribution in [1.82, 2.24) is 4.31 Å². The molecule has 0 unspecified atom stereocenters. The van der Waals surface area contributed by atoms with E-state index in [9.17, 15) is 13.6 Å². The van der Waals surface area contributed by atoms with Gasteiger partial charge in [-0.3, -0.25) is 4.72 Å². The van der Waals surface area contributed by atoms with Crippen LogP contribution in [0.3, 0.4) is 0 Å². The summed E-state index contributed by atoms with van der Waals surface area (Å²) in [5, 5.41) is 13.2. The number of benzene rings is 2. The Balaban J connectivity index is 2.36. The van der Waals surface area contributed by atoms with E-state index in [0.29, 0.717) is 27.5 Å². The molecule has 0 saturated heterocycles. The van der Waals surface area contributed by atoms with Crippen LogP contribution in [0.15, 0.2) is 53.7 Å². The van der Waals surface area contributed by atoms with Gasteiger partial charge in [-0.2, -0.15) is 12.7 Å². The molecule has 6 nitrogen and oxygen atoms in total. The number of rotatable bonds is 5. The van der Waals surface area contributed by atoms with Gasteiger partial charge in [0.15, 0.2) is 0 Å². The minimum absolute atomic E-state index is 0.313. The van der Waals surface area contributed by atoms with Crippen LogP contribution in [0.1, 0.15) is 11.1 Å². The molecule has 0 atom stereocenters. The van der Waals surface area contributed by atoms with E-state index >= 15 is 0 Å². The van der Waals surface area contributed by atoms with Crippen molar-refractivity contribution in [3.05, 3.63) is 64.7 Å². The van der Waals surface area contributed by atoms with E-state index in [1.807, 2.05) is 0 Å². The lowest BCUT2D eigenvalue weighted by molar-refractivity contribution is 0.319. The Morgan fingerprint density at radius 3 is 2.35 bits per heavy atom. The van der Waals surface area contributed by atoms with Gasteiger partial charge in [-0.15, -0.1) is 0 Å². The van der Waals surface area contributed by atoms with Gasteiger partial charge in [0.2, 0.25) is 0 Å². The predicted molar refractivity (Wildman–Crippen MR) is 91.5 cm³/mol. The molecule has 0 amide bonds. The monoisotopic (exact) mass is 353 g/mol. The first-order valence-electron chi connectivity index (χ1n) is 6.62. The van der Waals surface area contributed by atoms with Gasteiger partial charge in [0.1, 0.15) is 5.71 Å². The molecule has 0 aliphatic rings. The first-order valence-corrected chi connectivity index (χ1v) is 8.44. The number of anilines is 1. The lowest BCUT2D eigenvalue weighted by atomic mass is 10.0. The molecule has 8 heteroatoms. The summed E-state index contributed by atoms with van der Waals surface area (Å²) in [6.45, 7) is 0. The number of nitrogens with zero attached hydrogens (tertiary/aromatic N) is 2. The third-order valence-electron chi connectivity index (χ3n) is 3.08. The van der Waals surface area contributed by atoms with E-state index in [1.54, 1.807) is 48.5 Å². The second-order valence-electron chi connectivity index (χ2n) is 4.93. The number of nitrogens with one attached hydrogen (secondary N) is 1. The maximum absolute atomic E-state index is 11.9. The maximum atomic E-state index is 11.9. The fourth-order valence-corrected chi connectivity index (χ4v) is 2.59. The van der Waals surface area contributed by atoms with E-state index in [-0.39, 0.29) is 0 Å². The molecule has 0 radical (unpaired) electrons. The van der Waals surface area contributed by atoms with Gasteiger partial charge in [0, 0.05) is 30.2 Å². The van der Waals surface area contributed by atoms with Crippen molar-refractivity contribution in [2.45, 2.75) is 0 Å². The zero-order valence-electron chi connectivity index (χ0n) is 12.6. The summed E-state index contributed by atoms with van der Waals surface area (Å²) >= 11 is 5.85. The number of oxime groups is 1. The van der Waals surface area contributed by atoms with Gasteiger partial charge in [-0.05, 0) is 24.3 Å². The SMILES string of the molecule is CN(C)S(=O)(=O)Nc1cccc(/C(=N\O)c2ccc(Cl)cc2)c1. The van der Waals surface area contributed by atoms with Crippen LogP contribution in [0.5, 0.6) is 0 Å². The van der Waals surface area contributed by atoms with E-state index in [1.165, 1.54) is 14.1 Å². The van der Waals surface area contributed by atoms with Crippen LogP contribution in [0.2, 0.25) is 5.02 Å². The molecular weight excluding hydrogens is 338 g/mol. The standard InChI is InChI=1S/C15H16ClN3O3S/c1-19(2)23(21,22)18-14-5-3-4-12(10-14)15(17-20)11-6-8-13(16)9-7-11/h3-10,18,20H,1-2H3/b17-15-. The maximum Gasteiger partial charge on any atom is 0.301 e. The molecule has 0 aliphatic carbocycles. The van der Waals surface area contributed by atoms with Crippen molar-refractivity contribution >= 4 is 33.2 Å². The van der Waals surface area contributed by atoms with E-state index in [0.717, 1.165) is 4.31 Å². The molecule has 0 aliphatic heterocycles. The molecule has 0 spiro atoms. The first kappa shape index (κ1) is 17.3. The number of halogens is 1. The average Bonchev–Trinajstić information content (AvgIpc) is 2.50. The summed E-state index contributed by atoms with van der Waals surface area (Å²) in [6, 6.07) is 13.4. The van der Waals surface area contributed by atoms with Gasteiger partial charge in [0.05, 0.1) is 5.69 Å². The van der Waals surface area contributed by atoms with E-state index in [2.05, 4.69) is 9.88 Å². The van der Waals surface area contributed by atoms with Crippen LogP contribution >= 0.6 is 11.6 Å². The Kier molecular flexibility index (Phi) is 5.25. The van der Waals surface area contributed by atoms with Crippen LogP contribution in [-0.2, 0) is 10.2 Å². The topological polar surface area (TPSA) is 82.0 Å². The Bertz CT molecular complexity index is 818. The minimum atomic E-state index is -3.61. The molecule has 2 rings (SSSR count). The Morgan fingerprint density at radius 2 is 1.78 bits per heavy atom. The summed E-state index contributed by atoms with van der Waals surface area (Å²) in [4.78, 5) is 0. The molecule has 0 heterocycles. The van der Waals surface area contributed by atoms with Crippen molar-refractivity contribution in [1.29, 1.82) is 0 Å². The zero-order chi connectivity index (χ0) is 17.0. The Hall–Kier alpha value is -2.09. The number of hydrogen-bond donors (Lipinski definition) is 2. The summed E-state index contributed by atoms with van der Waals surface area (Å²) in [6.07, 6.45) is 0. The fraction of sp³-hybridized carbons (Fsp3) is 0.133. The van der Waals surface area contributed by atoms with Crippen LogP contribution in [0, 0.1) is 0 Å². The van der Waals surface area contributed by atoms with Crippen molar-refractivity contribution < 1.29 is 13.6 Å². The molecule has 0 bridgehead atoms. The highest BCUT2D eigenvalue weighted by atomic mass is 35.5. The largest absolute Gasteiger partial charge is 0.410 e. The van der Waals surface area contributed by atoms with Gasteiger partial charge in [0.25, 0.3) is 0 Å². The normalized spacial score (nSPS) is 12.4. The Labute approximate surface area is 140 Å². The van der Waals surface area contributed by atoms with Crippen LogP contribution in [0.4, 0.5) is 5.69 Å². The van der Waals surface area contributed by atoms with Gasteiger partial charge in [-0.1, -0.05) is 41.0 Å². The van der Waals surface area contributed by atoms with Crippen molar-refractivity contribution in [2.24, 2.45) is 5.16 Å². The van der Waals surface area contributed by atoms with Crippen molar-refractivity contribution in [2.75, 3.05) is 18.8 Å². The van der Waals surface area contributed by atoms with Crippen LogP contribution in [-0.4, -0.2) is 37.7 Å². The highest BCUT2D eigenvalue weighted by Gasteiger charge is 2.14. The average molecular weight is 354 g/mol. The summed E-state index contributed by atoms with van der Waals surface area (Å²) < 4.78 is 27.3. The lowest BCUT2D eigenvalue weighted by Crippen LogP contribution is -2.29. The molecule has 2 N–H and O–H groups in total. The minimum Gasteiger partial charge on any atom is -0.410 e. The molecule has 0 fully saturated rings. The highest BCUT2D eigenvalue weighted by molar-refractivity contribution is 7.90. The summed E-state index contributed by atoms with van der Waals surface area (Å²) in [7, 11) is -0.745. The van der Waals surface area contributed by atoms with Crippen LogP contribution in [0.25, 0.3) is 0 Å². The van der Waals surface area contributed by atoms with Gasteiger partial charge in [-0.25, -0.2) is 0 Å². The van der Waals surface area contributed by atoms with Crippen molar-refractivity contribution in [3.8, 4) is 0 Å². The third kappa shape index (κ3) is 4.22. The zero-order valence-corrected chi connectivity index (χ0v) is 14.1. The fourth-order valence-electron chi connectivity index (χ4n) is 1.86. The molecule has 122 valence electrons. The van der Waals surface area contributed by atoms with Crippen LogP contribution < -0.4 is 4.72 Å². The smallest absolute Gasteiger partial charge is 0.301 e. The Morgan fingerprint density at radius 1 is 1.13 bits per heavy atom. The lowest BCUT2D eigenvalue weighted by Gasteiger charge is -2.14. The van der Waals surface area contributed by atoms with Gasteiger partial charge >= 0.3 is 10.2 Å². The van der Waals surface area contributed by atoms with Gasteiger partial charge < -0.3 is 5.21 Å². The molecule has 2 aromatic carbocycles. The molecule has 2 aromatic rings. The molecule has 0 aromatic heterocycles. The summed E-state index contributed by atoms with van der Waals surface area (Å²) in [5.74, 6) is 0. The first-order chi connectivity index (χ1) is 10.8. The second kappa shape index (κ2) is 6.99. The predicted octanol–water partition coefficient (Wildman–Crippen LogP) is 2.78. The van der Waals surface area contributed by atoms with Crippen molar-refractivity contribution in [3.63, 3.8) is 0 Å². The highest BCUT2D eigenvalue weighted by Crippen LogP contribution is 2.18. The summed E-state index contributed by atoms with van der Waals surface area (Å²) in [5.41, 5.74) is 1.90. The number of hydrogen-bond acceptors (Lipinski definition) is 4. The molecule has 0 saturated carbocycles. The quantitative estimate of drug-likeness (QED) is 0.492. The van der Waals surface area contributed by atoms with E-state index < -0.39 is 10.2 Å². The second-order valence-corrected chi connectivity index (χ2v) is 7.25. The van der Waals surface area contributed by atoms with E-state index in [4.69, 9.17) is 11.6 Å². The molecular formula is C15H16ClN3O3S. The molecule has 23 heavy (non-hydrogen) atoms.